The summed E-state index contributed by atoms with van der Waals surface area (Å²) in [5.41, 5.74) is 2.38. The van der Waals surface area contributed by atoms with Crippen molar-refractivity contribution in [3.8, 4) is 0 Å². The zero-order valence-electron chi connectivity index (χ0n) is 15.4. The molecule has 0 saturated heterocycles. The van der Waals surface area contributed by atoms with Gasteiger partial charge in [0.15, 0.2) is 0 Å². The maximum absolute atomic E-state index is 11.7. The lowest BCUT2D eigenvalue weighted by Crippen LogP contribution is -2.17. The highest BCUT2D eigenvalue weighted by Gasteiger charge is 2.10. The molecule has 1 aromatic heterocycles. The minimum absolute atomic E-state index is 0.330. The SMILES string of the molecule is CCOC(=O)c1ccc(Nc2nccc(N(CC)c3ccccc3)n2)cc1. The minimum atomic E-state index is -0.330. The second-order valence-corrected chi connectivity index (χ2v) is 5.74. The van der Waals surface area contributed by atoms with Gasteiger partial charge in [-0.1, -0.05) is 18.2 Å². The summed E-state index contributed by atoms with van der Waals surface area (Å²) in [6.07, 6.45) is 1.73. The Kier molecular flexibility index (Phi) is 5.99. The molecule has 3 rings (SSSR count). The van der Waals surface area contributed by atoms with Gasteiger partial charge in [0, 0.05) is 24.1 Å². The molecule has 0 bridgehead atoms. The summed E-state index contributed by atoms with van der Waals surface area (Å²) in [7, 11) is 0. The fourth-order valence-electron chi connectivity index (χ4n) is 2.68. The van der Waals surface area contributed by atoms with E-state index in [-0.39, 0.29) is 5.97 Å². The molecule has 0 unspecified atom stereocenters. The Morgan fingerprint density at radius 3 is 2.44 bits per heavy atom. The molecular weight excluding hydrogens is 340 g/mol. The lowest BCUT2D eigenvalue weighted by molar-refractivity contribution is 0.0526. The van der Waals surface area contributed by atoms with Crippen LogP contribution in [0.3, 0.4) is 0 Å². The van der Waals surface area contributed by atoms with Crippen LogP contribution < -0.4 is 10.2 Å². The van der Waals surface area contributed by atoms with Gasteiger partial charge in [0.25, 0.3) is 0 Å². The van der Waals surface area contributed by atoms with Gasteiger partial charge in [-0.15, -0.1) is 0 Å². The number of anilines is 4. The molecule has 0 aliphatic carbocycles. The first-order chi connectivity index (χ1) is 13.2. The topological polar surface area (TPSA) is 67.3 Å². The molecule has 0 fully saturated rings. The number of hydrogen-bond donors (Lipinski definition) is 1. The smallest absolute Gasteiger partial charge is 0.338 e. The molecule has 0 aliphatic heterocycles. The molecular formula is C21H22N4O2. The summed E-state index contributed by atoms with van der Waals surface area (Å²) in [5.74, 6) is 0.971. The van der Waals surface area contributed by atoms with E-state index in [1.165, 1.54) is 0 Å². The van der Waals surface area contributed by atoms with Crippen molar-refractivity contribution in [2.45, 2.75) is 13.8 Å². The fourth-order valence-corrected chi connectivity index (χ4v) is 2.68. The van der Waals surface area contributed by atoms with Gasteiger partial charge in [0.2, 0.25) is 5.95 Å². The van der Waals surface area contributed by atoms with E-state index < -0.39 is 0 Å². The Hall–Kier alpha value is -3.41. The second-order valence-electron chi connectivity index (χ2n) is 5.74. The first kappa shape index (κ1) is 18.4. The minimum Gasteiger partial charge on any atom is -0.462 e. The van der Waals surface area contributed by atoms with E-state index in [9.17, 15) is 4.79 Å². The number of hydrogen-bond acceptors (Lipinski definition) is 6. The van der Waals surface area contributed by atoms with Crippen molar-refractivity contribution in [3.63, 3.8) is 0 Å². The Bertz CT molecular complexity index is 882. The van der Waals surface area contributed by atoms with Crippen LogP contribution in [-0.2, 0) is 4.74 Å². The van der Waals surface area contributed by atoms with E-state index in [1.807, 2.05) is 36.4 Å². The van der Waals surface area contributed by atoms with Crippen molar-refractivity contribution in [1.29, 1.82) is 0 Å². The number of carbonyl (C=O) groups excluding carboxylic acids is 1. The quantitative estimate of drug-likeness (QED) is 0.622. The number of aromatic nitrogens is 2. The largest absolute Gasteiger partial charge is 0.462 e. The zero-order valence-corrected chi connectivity index (χ0v) is 15.4. The molecule has 6 heteroatoms. The van der Waals surface area contributed by atoms with Crippen LogP contribution in [-0.4, -0.2) is 29.1 Å². The van der Waals surface area contributed by atoms with E-state index >= 15 is 0 Å². The summed E-state index contributed by atoms with van der Waals surface area (Å²) in [4.78, 5) is 22.7. The summed E-state index contributed by atoms with van der Waals surface area (Å²) >= 11 is 0. The Morgan fingerprint density at radius 1 is 1.04 bits per heavy atom. The molecule has 0 amide bonds. The summed E-state index contributed by atoms with van der Waals surface area (Å²) < 4.78 is 4.99. The van der Waals surface area contributed by atoms with E-state index in [4.69, 9.17) is 4.74 Å². The van der Waals surface area contributed by atoms with E-state index in [1.54, 1.807) is 37.4 Å². The highest BCUT2D eigenvalue weighted by Crippen LogP contribution is 2.24. The number of carbonyl (C=O) groups is 1. The average Bonchev–Trinajstić information content (AvgIpc) is 2.70. The highest BCUT2D eigenvalue weighted by atomic mass is 16.5. The fraction of sp³-hybridized carbons (Fsp3) is 0.190. The van der Waals surface area contributed by atoms with Crippen LogP contribution in [0.4, 0.5) is 23.1 Å². The van der Waals surface area contributed by atoms with Gasteiger partial charge in [-0.3, -0.25) is 0 Å². The van der Waals surface area contributed by atoms with Gasteiger partial charge >= 0.3 is 5.97 Å². The molecule has 3 aromatic rings. The second kappa shape index (κ2) is 8.80. The first-order valence-electron chi connectivity index (χ1n) is 8.91. The van der Waals surface area contributed by atoms with E-state index in [0.717, 1.165) is 23.7 Å². The van der Waals surface area contributed by atoms with Crippen LogP contribution in [0.1, 0.15) is 24.2 Å². The Morgan fingerprint density at radius 2 is 1.78 bits per heavy atom. The Balaban J connectivity index is 1.77. The maximum atomic E-state index is 11.7. The number of ether oxygens (including phenoxy) is 1. The molecule has 0 saturated carbocycles. The normalized spacial score (nSPS) is 10.3. The molecule has 2 aromatic carbocycles. The molecule has 27 heavy (non-hydrogen) atoms. The van der Waals surface area contributed by atoms with Gasteiger partial charge < -0.3 is 15.0 Å². The van der Waals surface area contributed by atoms with Crippen molar-refractivity contribution in [2.75, 3.05) is 23.4 Å². The van der Waals surface area contributed by atoms with Crippen LogP contribution in [0.25, 0.3) is 0 Å². The third kappa shape index (κ3) is 4.61. The van der Waals surface area contributed by atoms with Crippen LogP contribution in [0.15, 0.2) is 66.9 Å². The van der Waals surface area contributed by atoms with Crippen molar-refractivity contribution in [3.05, 3.63) is 72.4 Å². The van der Waals surface area contributed by atoms with Crippen molar-refractivity contribution in [1.82, 2.24) is 9.97 Å². The van der Waals surface area contributed by atoms with Gasteiger partial charge in [0.05, 0.1) is 12.2 Å². The van der Waals surface area contributed by atoms with Crippen LogP contribution in [0.2, 0.25) is 0 Å². The van der Waals surface area contributed by atoms with E-state index in [0.29, 0.717) is 18.1 Å². The summed E-state index contributed by atoms with van der Waals surface area (Å²) in [6.45, 7) is 5.01. The van der Waals surface area contributed by atoms with Gasteiger partial charge in [-0.25, -0.2) is 9.78 Å². The lowest BCUT2D eigenvalue weighted by atomic mass is 10.2. The number of esters is 1. The maximum Gasteiger partial charge on any atom is 0.338 e. The van der Waals surface area contributed by atoms with Crippen LogP contribution >= 0.6 is 0 Å². The first-order valence-corrected chi connectivity index (χ1v) is 8.91. The zero-order chi connectivity index (χ0) is 19.1. The molecule has 0 spiro atoms. The number of nitrogens with one attached hydrogen (secondary N) is 1. The third-order valence-corrected chi connectivity index (χ3v) is 3.95. The Labute approximate surface area is 158 Å². The van der Waals surface area contributed by atoms with Gasteiger partial charge in [0.1, 0.15) is 5.82 Å². The summed E-state index contributed by atoms with van der Waals surface area (Å²) in [5, 5.41) is 3.17. The molecule has 1 heterocycles. The summed E-state index contributed by atoms with van der Waals surface area (Å²) in [6, 6.07) is 19.0. The predicted molar refractivity (Wildman–Crippen MR) is 107 cm³/mol. The van der Waals surface area contributed by atoms with Gasteiger partial charge in [-0.2, -0.15) is 4.98 Å². The van der Waals surface area contributed by atoms with Crippen LogP contribution in [0, 0.1) is 0 Å². The lowest BCUT2D eigenvalue weighted by Gasteiger charge is -2.22. The number of benzene rings is 2. The standard InChI is InChI=1S/C21H22N4O2/c1-3-25(18-8-6-5-7-9-18)19-14-15-22-21(24-19)23-17-12-10-16(11-13-17)20(26)27-4-2/h5-15H,3-4H2,1-2H3,(H,22,23,24). The molecule has 0 aliphatic rings. The highest BCUT2D eigenvalue weighted by molar-refractivity contribution is 5.89. The number of rotatable bonds is 7. The average molecular weight is 362 g/mol. The monoisotopic (exact) mass is 362 g/mol. The van der Waals surface area contributed by atoms with E-state index in [2.05, 4.69) is 27.1 Å². The predicted octanol–water partition coefficient (Wildman–Crippen LogP) is 4.55. The van der Waals surface area contributed by atoms with Gasteiger partial charge in [-0.05, 0) is 56.3 Å². The van der Waals surface area contributed by atoms with Crippen molar-refractivity contribution in [2.24, 2.45) is 0 Å². The van der Waals surface area contributed by atoms with Crippen LogP contribution in [0.5, 0.6) is 0 Å². The third-order valence-electron chi connectivity index (χ3n) is 3.95. The van der Waals surface area contributed by atoms with Crippen molar-refractivity contribution < 1.29 is 9.53 Å². The number of para-hydroxylation sites is 1. The molecule has 138 valence electrons. The molecule has 6 nitrogen and oxygen atoms in total. The molecule has 1 N–H and O–H groups in total. The number of nitrogens with zero attached hydrogens (tertiary/aromatic N) is 3. The molecule has 0 atom stereocenters. The van der Waals surface area contributed by atoms with Crippen molar-refractivity contribution >= 4 is 29.1 Å². The molecule has 0 radical (unpaired) electrons.